The minimum absolute atomic E-state index is 0.341. The van der Waals surface area contributed by atoms with Crippen molar-refractivity contribution in [3.63, 3.8) is 0 Å². The second kappa shape index (κ2) is 9.08. The van der Waals surface area contributed by atoms with E-state index >= 15 is 0 Å². The number of allylic oxidation sites excluding steroid dienone is 3. The van der Waals surface area contributed by atoms with Crippen molar-refractivity contribution in [1.82, 2.24) is 15.1 Å². The van der Waals surface area contributed by atoms with Gasteiger partial charge in [0.1, 0.15) is 5.60 Å². The van der Waals surface area contributed by atoms with Crippen LogP contribution in [0.3, 0.4) is 0 Å². The van der Waals surface area contributed by atoms with Crippen LogP contribution in [0.1, 0.15) is 41.0 Å². The summed E-state index contributed by atoms with van der Waals surface area (Å²) in [6, 6.07) is 0. The van der Waals surface area contributed by atoms with Crippen molar-refractivity contribution in [2.45, 2.75) is 46.6 Å². The number of aliphatic imine (C=N–C) groups is 1. The maximum absolute atomic E-state index is 12.7. The number of carbonyl (C=O) groups is 2. The van der Waals surface area contributed by atoms with Crippen molar-refractivity contribution in [2.75, 3.05) is 33.2 Å². The van der Waals surface area contributed by atoms with Crippen molar-refractivity contribution in [3.05, 3.63) is 34.8 Å². The van der Waals surface area contributed by atoms with Crippen LogP contribution >= 0.6 is 0 Å². The summed E-state index contributed by atoms with van der Waals surface area (Å²) < 4.78 is 5.50. The molecule has 0 unspecified atom stereocenters. The van der Waals surface area contributed by atoms with Crippen molar-refractivity contribution in [1.29, 1.82) is 0 Å². The monoisotopic (exact) mass is 388 g/mol. The Labute approximate surface area is 167 Å². The highest BCUT2D eigenvalue weighted by molar-refractivity contribution is 6.02. The normalized spacial score (nSPS) is 26.3. The summed E-state index contributed by atoms with van der Waals surface area (Å²) in [6.07, 6.45) is 5.16. The van der Waals surface area contributed by atoms with Gasteiger partial charge >= 0.3 is 6.09 Å². The molecule has 1 amide bonds. The van der Waals surface area contributed by atoms with E-state index in [4.69, 9.17) is 4.74 Å². The SMILES string of the molecule is C/C=C1/CCN(C2=C/NCCN(C(=O)OC(C)(C)C)\C(C=O)=C\2C)CC1=NC. The molecule has 0 bridgehead atoms. The quantitative estimate of drug-likeness (QED) is 0.737. The summed E-state index contributed by atoms with van der Waals surface area (Å²) in [4.78, 5) is 32.7. The van der Waals surface area contributed by atoms with E-state index in [1.165, 1.54) is 10.5 Å². The minimum Gasteiger partial charge on any atom is -0.443 e. The van der Waals surface area contributed by atoms with Gasteiger partial charge < -0.3 is 15.0 Å². The fourth-order valence-electron chi connectivity index (χ4n) is 3.39. The number of carbonyl (C=O) groups excluding carboxylic acids is 2. The van der Waals surface area contributed by atoms with E-state index in [9.17, 15) is 9.59 Å². The van der Waals surface area contributed by atoms with Crippen LogP contribution in [0.4, 0.5) is 4.79 Å². The Hall–Kier alpha value is -2.57. The number of nitrogens with zero attached hydrogens (tertiary/aromatic N) is 3. The third-order valence-electron chi connectivity index (χ3n) is 4.82. The minimum atomic E-state index is -0.629. The lowest BCUT2D eigenvalue weighted by Gasteiger charge is -2.36. The Balaban J connectivity index is 2.37. The van der Waals surface area contributed by atoms with Crippen molar-refractivity contribution in [2.24, 2.45) is 4.99 Å². The molecule has 2 aliphatic heterocycles. The summed E-state index contributed by atoms with van der Waals surface area (Å²) in [5, 5.41) is 3.26. The number of nitrogens with one attached hydrogen (secondary N) is 1. The molecule has 154 valence electrons. The average molecular weight is 389 g/mol. The highest BCUT2D eigenvalue weighted by Crippen LogP contribution is 2.26. The molecule has 2 rings (SSSR count). The summed E-state index contributed by atoms with van der Waals surface area (Å²) in [6.45, 7) is 11.7. The first kappa shape index (κ1) is 21.7. The molecule has 0 aromatic carbocycles. The standard InChI is InChI=1S/C21H32N4O3/c1-7-16-8-10-24(13-17(16)22-6)18-12-23-9-11-25(19(14-26)15(18)2)20(27)28-21(3,4)5/h7,12,14,23H,8-11,13H2,1-6H3/b16-7-,18-12+,19-15+,22-17?. The molecule has 0 aromatic rings. The van der Waals surface area contributed by atoms with Crippen LogP contribution in [-0.2, 0) is 9.53 Å². The van der Waals surface area contributed by atoms with Gasteiger partial charge in [0.2, 0.25) is 0 Å². The molecule has 7 nitrogen and oxygen atoms in total. The molecule has 2 aliphatic rings. The molecule has 1 fully saturated rings. The Bertz CT molecular complexity index is 741. The number of amides is 1. The maximum atomic E-state index is 12.7. The van der Waals surface area contributed by atoms with Gasteiger partial charge in [-0.15, -0.1) is 0 Å². The van der Waals surface area contributed by atoms with Gasteiger partial charge in [-0.05, 0) is 46.6 Å². The predicted octanol–water partition coefficient (Wildman–Crippen LogP) is 2.86. The molecule has 0 saturated carbocycles. The molecule has 0 spiro atoms. The largest absolute Gasteiger partial charge is 0.443 e. The number of piperidine rings is 1. The Morgan fingerprint density at radius 3 is 2.61 bits per heavy atom. The molecule has 1 saturated heterocycles. The van der Waals surface area contributed by atoms with Crippen molar-refractivity contribution >= 4 is 18.1 Å². The number of likely N-dealkylation sites (tertiary alicyclic amines) is 1. The van der Waals surface area contributed by atoms with Gasteiger partial charge in [0.25, 0.3) is 0 Å². The lowest BCUT2D eigenvalue weighted by atomic mass is 9.99. The van der Waals surface area contributed by atoms with Gasteiger partial charge in [0.05, 0.1) is 23.7 Å². The first-order chi connectivity index (χ1) is 13.2. The smallest absolute Gasteiger partial charge is 0.414 e. The fraction of sp³-hybridized carbons (Fsp3) is 0.571. The number of aldehydes is 1. The van der Waals surface area contributed by atoms with Crippen LogP contribution < -0.4 is 5.32 Å². The molecule has 0 aromatic heterocycles. The molecule has 2 heterocycles. The third-order valence-corrected chi connectivity index (χ3v) is 4.82. The second-order valence-electron chi connectivity index (χ2n) is 7.90. The van der Waals surface area contributed by atoms with E-state index in [0.717, 1.165) is 36.2 Å². The number of ether oxygens (including phenoxy) is 1. The van der Waals surface area contributed by atoms with Crippen molar-refractivity contribution < 1.29 is 14.3 Å². The first-order valence-corrected chi connectivity index (χ1v) is 9.68. The highest BCUT2D eigenvalue weighted by atomic mass is 16.6. The summed E-state index contributed by atoms with van der Waals surface area (Å²) in [7, 11) is 1.80. The molecule has 7 heteroatoms. The second-order valence-corrected chi connectivity index (χ2v) is 7.90. The average Bonchev–Trinajstić information content (AvgIpc) is 2.63. The van der Waals surface area contributed by atoms with E-state index in [-0.39, 0.29) is 0 Å². The molecule has 0 radical (unpaired) electrons. The zero-order valence-corrected chi connectivity index (χ0v) is 17.8. The van der Waals surface area contributed by atoms with Crippen molar-refractivity contribution in [3.8, 4) is 0 Å². The molecule has 0 aliphatic carbocycles. The van der Waals surface area contributed by atoms with E-state index in [2.05, 4.69) is 21.3 Å². The third kappa shape index (κ3) is 5.03. The lowest BCUT2D eigenvalue weighted by Crippen LogP contribution is -2.43. The van der Waals surface area contributed by atoms with E-state index in [0.29, 0.717) is 25.3 Å². The fourth-order valence-corrected chi connectivity index (χ4v) is 3.39. The number of hydrogen-bond donors (Lipinski definition) is 1. The molecule has 28 heavy (non-hydrogen) atoms. The van der Waals surface area contributed by atoms with Crippen LogP contribution in [0.15, 0.2) is 39.8 Å². The van der Waals surface area contributed by atoms with Crippen LogP contribution in [-0.4, -0.2) is 66.7 Å². The summed E-state index contributed by atoms with van der Waals surface area (Å²) in [5.41, 5.74) is 3.65. The van der Waals surface area contributed by atoms with Gasteiger partial charge in [0.15, 0.2) is 6.29 Å². The summed E-state index contributed by atoms with van der Waals surface area (Å²) >= 11 is 0. The van der Waals surface area contributed by atoms with Crippen LogP contribution in [0.5, 0.6) is 0 Å². The molecular formula is C21H32N4O3. The molecule has 0 atom stereocenters. The zero-order chi connectivity index (χ0) is 20.9. The predicted molar refractivity (Wildman–Crippen MR) is 111 cm³/mol. The first-order valence-electron chi connectivity index (χ1n) is 9.68. The van der Waals surface area contributed by atoms with Gasteiger partial charge in [-0.25, -0.2) is 4.79 Å². The summed E-state index contributed by atoms with van der Waals surface area (Å²) in [5.74, 6) is 0. The number of rotatable bonds is 2. The lowest BCUT2D eigenvalue weighted by molar-refractivity contribution is -0.106. The number of hydrogen-bond acceptors (Lipinski definition) is 6. The highest BCUT2D eigenvalue weighted by Gasteiger charge is 2.29. The van der Waals surface area contributed by atoms with E-state index in [1.807, 2.05) is 40.8 Å². The maximum Gasteiger partial charge on any atom is 0.414 e. The zero-order valence-electron chi connectivity index (χ0n) is 17.8. The van der Waals surface area contributed by atoms with Crippen LogP contribution in [0, 0.1) is 0 Å². The van der Waals surface area contributed by atoms with Gasteiger partial charge in [-0.3, -0.25) is 14.7 Å². The molecular weight excluding hydrogens is 356 g/mol. The van der Waals surface area contributed by atoms with Gasteiger partial charge in [-0.1, -0.05) is 6.08 Å². The Kier molecular flexibility index (Phi) is 7.05. The van der Waals surface area contributed by atoms with Gasteiger partial charge in [0, 0.05) is 38.5 Å². The van der Waals surface area contributed by atoms with Crippen LogP contribution in [0.25, 0.3) is 0 Å². The Morgan fingerprint density at radius 2 is 2.04 bits per heavy atom. The topological polar surface area (TPSA) is 74.2 Å². The Morgan fingerprint density at radius 1 is 1.32 bits per heavy atom. The van der Waals surface area contributed by atoms with E-state index in [1.54, 1.807) is 7.05 Å². The molecule has 1 N–H and O–H groups in total. The van der Waals surface area contributed by atoms with Gasteiger partial charge in [-0.2, -0.15) is 0 Å². The van der Waals surface area contributed by atoms with E-state index < -0.39 is 11.7 Å². The van der Waals surface area contributed by atoms with Crippen LogP contribution in [0.2, 0.25) is 0 Å².